The van der Waals surface area contributed by atoms with E-state index < -0.39 is 0 Å². The van der Waals surface area contributed by atoms with Crippen LogP contribution in [-0.4, -0.2) is 11.5 Å². The third-order valence-electron chi connectivity index (χ3n) is 3.65. The largest absolute Gasteiger partial charge is 0.312 e. The van der Waals surface area contributed by atoms with Crippen LogP contribution >= 0.6 is 11.6 Å². The normalized spacial score (nSPS) is 11.6. The quantitative estimate of drug-likeness (QED) is 0.399. The van der Waals surface area contributed by atoms with E-state index in [1.54, 1.807) is 12.1 Å². The van der Waals surface area contributed by atoms with E-state index in [0.29, 0.717) is 17.1 Å². The summed E-state index contributed by atoms with van der Waals surface area (Å²) in [6, 6.07) is 4.80. The minimum Gasteiger partial charge on any atom is -0.312 e. The van der Waals surface area contributed by atoms with E-state index in [-0.39, 0.29) is 16.0 Å². The number of nitrogens with zero attached hydrogens (tertiary/aromatic N) is 1. The lowest BCUT2D eigenvalue weighted by molar-refractivity contribution is -0.385. The van der Waals surface area contributed by atoms with Crippen LogP contribution in [0.15, 0.2) is 18.2 Å². The van der Waals surface area contributed by atoms with Crippen molar-refractivity contribution in [1.82, 2.24) is 5.32 Å². The van der Waals surface area contributed by atoms with Crippen LogP contribution in [0.1, 0.15) is 52.0 Å². The Labute approximate surface area is 132 Å². The highest BCUT2D eigenvalue weighted by molar-refractivity contribution is 6.31. The van der Waals surface area contributed by atoms with E-state index >= 15 is 0 Å². The van der Waals surface area contributed by atoms with Gasteiger partial charge in [0.2, 0.25) is 0 Å². The van der Waals surface area contributed by atoms with Gasteiger partial charge in [-0.2, -0.15) is 0 Å². The first-order chi connectivity index (χ1) is 9.87. The van der Waals surface area contributed by atoms with Crippen molar-refractivity contribution >= 4 is 17.3 Å². The summed E-state index contributed by atoms with van der Waals surface area (Å²) >= 11 is 6.08. The maximum atomic E-state index is 11.0. The van der Waals surface area contributed by atoms with E-state index in [4.69, 9.17) is 11.6 Å². The maximum Gasteiger partial charge on any atom is 0.275 e. The zero-order valence-electron chi connectivity index (χ0n) is 13.1. The molecular formula is C16H25ClN2O2. The van der Waals surface area contributed by atoms with Gasteiger partial charge in [0.15, 0.2) is 0 Å². The fourth-order valence-electron chi connectivity index (χ4n) is 2.36. The predicted octanol–water partition coefficient (Wildman–Crippen LogP) is 4.94. The smallest absolute Gasteiger partial charge is 0.275 e. The summed E-state index contributed by atoms with van der Waals surface area (Å²) in [4.78, 5) is 10.6. The number of halogens is 1. The summed E-state index contributed by atoms with van der Waals surface area (Å²) in [5, 5.41) is 14.8. The summed E-state index contributed by atoms with van der Waals surface area (Å²) in [5.74, 6) is 0. The van der Waals surface area contributed by atoms with Crippen LogP contribution in [0, 0.1) is 15.5 Å². The molecule has 0 saturated heterocycles. The topological polar surface area (TPSA) is 55.2 Å². The molecule has 0 unspecified atom stereocenters. The molecule has 4 nitrogen and oxygen atoms in total. The Morgan fingerprint density at radius 3 is 2.67 bits per heavy atom. The highest BCUT2D eigenvalue weighted by atomic mass is 35.5. The van der Waals surface area contributed by atoms with Gasteiger partial charge in [0.25, 0.3) is 5.69 Å². The third-order valence-corrected chi connectivity index (χ3v) is 4.01. The van der Waals surface area contributed by atoms with Crippen LogP contribution < -0.4 is 5.32 Å². The molecule has 1 N–H and O–H groups in total. The van der Waals surface area contributed by atoms with Gasteiger partial charge in [-0.3, -0.25) is 10.1 Å². The van der Waals surface area contributed by atoms with Gasteiger partial charge in [0.05, 0.1) is 15.5 Å². The van der Waals surface area contributed by atoms with Crippen LogP contribution in [0.25, 0.3) is 0 Å². The highest BCUT2D eigenvalue weighted by Gasteiger charge is 2.19. The third kappa shape index (κ3) is 6.02. The predicted molar refractivity (Wildman–Crippen MR) is 87.7 cm³/mol. The number of nitro groups is 1. The van der Waals surface area contributed by atoms with Gasteiger partial charge in [-0.25, -0.2) is 0 Å². The van der Waals surface area contributed by atoms with Gasteiger partial charge in [-0.15, -0.1) is 0 Å². The second kappa shape index (κ2) is 8.35. The molecule has 118 valence electrons. The van der Waals surface area contributed by atoms with E-state index in [0.717, 1.165) is 13.0 Å². The Bertz CT molecular complexity index is 475. The second-order valence-electron chi connectivity index (χ2n) is 6.22. The summed E-state index contributed by atoms with van der Waals surface area (Å²) in [7, 11) is 0. The lowest BCUT2D eigenvalue weighted by Crippen LogP contribution is -2.29. The molecule has 5 heteroatoms. The number of hydrogen-bond donors (Lipinski definition) is 1. The molecule has 1 rings (SSSR count). The number of nitro benzene ring substituents is 1. The first kappa shape index (κ1) is 17.9. The van der Waals surface area contributed by atoms with E-state index in [2.05, 4.69) is 26.1 Å². The average Bonchev–Trinajstić information content (AvgIpc) is 2.40. The SMILES string of the molecule is CCCCCC(C)(C)CNCc1c(Cl)cccc1[N+](=O)[O-]. The maximum absolute atomic E-state index is 11.0. The van der Waals surface area contributed by atoms with Crippen LogP contribution in [0.5, 0.6) is 0 Å². The van der Waals surface area contributed by atoms with Crippen molar-refractivity contribution in [2.75, 3.05) is 6.54 Å². The number of benzene rings is 1. The van der Waals surface area contributed by atoms with Crippen molar-refractivity contribution in [3.8, 4) is 0 Å². The Hall–Kier alpha value is -1.13. The molecular weight excluding hydrogens is 288 g/mol. The Morgan fingerprint density at radius 1 is 1.33 bits per heavy atom. The van der Waals surface area contributed by atoms with E-state index in [1.807, 2.05) is 0 Å². The van der Waals surface area contributed by atoms with Crippen molar-refractivity contribution in [2.45, 2.75) is 53.0 Å². The molecule has 21 heavy (non-hydrogen) atoms. The molecule has 1 aromatic carbocycles. The lowest BCUT2D eigenvalue weighted by Gasteiger charge is -2.25. The summed E-state index contributed by atoms with van der Waals surface area (Å²) in [5.41, 5.74) is 0.831. The Balaban J connectivity index is 2.58. The number of unbranched alkanes of at least 4 members (excludes halogenated alkanes) is 2. The molecule has 0 saturated carbocycles. The monoisotopic (exact) mass is 312 g/mol. The molecule has 0 atom stereocenters. The number of hydrogen-bond acceptors (Lipinski definition) is 3. The molecule has 0 aliphatic carbocycles. The van der Waals surface area contributed by atoms with Gasteiger partial charge >= 0.3 is 0 Å². The fraction of sp³-hybridized carbons (Fsp3) is 0.625. The van der Waals surface area contributed by atoms with Crippen LogP contribution in [0.3, 0.4) is 0 Å². The molecule has 0 fully saturated rings. The molecule has 1 aromatic rings. The van der Waals surface area contributed by atoms with E-state index in [1.165, 1.54) is 25.3 Å². The molecule has 0 aromatic heterocycles. The molecule has 0 radical (unpaired) electrons. The van der Waals surface area contributed by atoms with Crippen molar-refractivity contribution in [1.29, 1.82) is 0 Å². The summed E-state index contributed by atoms with van der Waals surface area (Å²) < 4.78 is 0. The molecule has 0 spiro atoms. The molecule has 0 heterocycles. The van der Waals surface area contributed by atoms with Crippen LogP contribution in [0.2, 0.25) is 5.02 Å². The van der Waals surface area contributed by atoms with Crippen molar-refractivity contribution < 1.29 is 4.92 Å². The van der Waals surface area contributed by atoms with Gasteiger partial charge in [0.1, 0.15) is 0 Å². The first-order valence-corrected chi connectivity index (χ1v) is 7.87. The lowest BCUT2D eigenvalue weighted by atomic mass is 9.87. The zero-order valence-corrected chi connectivity index (χ0v) is 13.9. The Morgan fingerprint density at radius 2 is 2.05 bits per heavy atom. The molecule has 0 aliphatic heterocycles. The fourth-order valence-corrected chi connectivity index (χ4v) is 2.60. The second-order valence-corrected chi connectivity index (χ2v) is 6.63. The number of nitrogens with one attached hydrogen (secondary N) is 1. The number of rotatable bonds is 9. The minimum absolute atomic E-state index is 0.0822. The van der Waals surface area contributed by atoms with Crippen LogP contribution in [0.4, 0.5) is 5.69 Å². The first-order valence-electron chi connectivity index (χ1n) is 7.50. The van der Waals surface area contributed by atoms with E-state index in [9.17, 15) is 10.1 Å². The van der Waals surface area contributed by atoms with Crippen molar-refractivity contribution in [2.24, 2.45) is 5.41 Å². The molecule has 0 bridgehead atoms. The molecule has 0 aliphatic rings. The highest BCUT2D eigenvalue weighted by Crippen LogP contribution is 2.27. The van der Waals surface area contributed by atoms with Crippen LogP contribution in [-0.2, 0) is 6.54 Å². The van der Waals surface area contributed by atoms with Gasteiger partial charge < -0.3 is 5.32 Å². The van der Waals surface area contributed by atoms with Gasteiger partial charge in [-0.05, 0) is 17.9 Å². The average molecular weight is 313 g/mol. The standard InChI is InChI=1S/C16H25ClN2O2/c1-4-5-6-10-16(2,3)12-18-11-13-14(17)8-7-9-15(13)19(20)21/h7-9,18H,4-6,10-12H2,1-3H3. The molecule has 0 amide bonds. The zero-order chi connectivity index (χ0) is 15.9. The van der Waals surface area contributed by atoms with Crippen molar-refractivity contribution in [3.05, 3.63) is 38.9 Å². The van der Waals surface area contributed by atoms with Gasteiger partial charge in [-0.1, -0.05) is 57.7 Å². The van der Waals surface area contributed by atoms with Crippen molar-refractivity contribution in [3.63, 3.8) is 0 Å². The summed E-state index contributed by atoms with van der Waals surface area (Å²) in [6.07, 6.45) is 4.84. The Kier molecular flexibility index (Phi) is 7.12. The van der Waals surface area contributed by atoms with Gasteiger partial charge in [0, 0.05) is 19.2 Å². The summed E-state index contributed by atoms with van der Waals surface area (Å²) in [6.45, 7) is 7.88. The minimum atomic E-state index is -0.380.